The summed E-state index contributed by atoms with van der Waals surface area (Å²) in [5.41, 5.74) is 0.441. The summed E-state index contributed by atoms with van der Waals surface area (Å²) in [5.74, 6) is -2.78. The first kappa shape index (κ1) is 18.2. The van der Waals surface area contributed by atoms with Crippen molar-refractivity contribution in [3.05, 3.63) is 35.9 Å². The summed E-state index contributed by atoms with van der Waals surface area (Å²) in [6, 6.07) is 9.29. The third-order valence-corrected chi connectivity index (χ3v) is 3.24. The number of esters is 2. The lowest BCUT2D eigenvalue weighted by atomic mass is 9.86. The zero-order valence-electron chi connectivity index (χ0n) is 13.8. The van der Waals surface area contributed by atoms with Crippen LogP contribution in [0, 0.1) is 5.92 Å². The number of methoxy groups -OCH3 is 2. The molecule has 0 heterocycles. The summed E-state index contributed by atoms with van der Waals surface area (Å²) in [6.07, 6.45) is 0. The molecule has 1 rings (SSSR count). The van der Waals surface area contributed by atoms with Crippen molar-refractivity contribution in [3.8, 4) is 0 Å². The molecule has 0 saturated carbocycles. The van der Waals surface area contributed by atoms with Crippen LogP contribution in [-0.2, 0) is 23.8 Å². The first-order valence-electron chi connectivity index (χ1n) is 7.14. The second-order valence-electron chi connectivity index (χ2n) is 5.96. The first-order valence-corrected chi connectivity index (χ1v) is 7.14. The average molecular weight is 308 g/mol. The van der Waals surface area contributed by atoms with Crippen LogP contribution in [0.3, 0.4) is 0 Å². The molecule has 1 unspecified atom stereocenters. The third-order valence-electron chi connectivity index (χ3n) is 3.24. The van der Waals surface area contributed by atoms with Gasteiger partial charge in [-0.1, -0.05) is 30.3 Å². The lowest BCUT2D eigenvalue weighted by Crippen LogP contribution is -2.36. The van der Waals surface area contributed by atoms with Crippen LogP contribution < -0.4 is 0 Å². The van der Waals surface area contributed by atoms with Gasteiger partial charge in [-0.25, -0.2) is 0 Å². The highest BCUT2D eigenvalue weighted by molar-refractivity contribution is 5.96. The molecule has 5 nitrogen and oxygen atoms in total. The lowest BCUT2D eigenvalue weighted by molar-refractivity contribution is -0.161. The second-order valence-corrected chi connectivity index (χ2v) is 5.96. The predicted molar refractivity (Wildman–Crippen MR) is 82.4 cm³/mol. The Labute approximate surface area is 131 Å². The van der Waals surface area contributed by atoms with Gasteiger partial charge < -0.3 is 14.2 Å². The normalized spacial score (nSPS) is 12.8. The summed E-state index contributed by atoms with van der Waals surface area (Å²) in [6.45, 7) is 5.96. The third kappa shape index (κ3) is 5.15. The summed E-state index contributed by atoms with van der Waals surface area (Å²) in [4.78, 5) is 24.1. The van der Waals surface area contributed by atoms with Crippen LogP contribution in [0.5, 0.6) is 0 Å². The maximum absolute atomic E-state index is 12.1. The van der Waals surface area contributed by atoms with Gasteiger partial charge in [0, 0.05) is 5.92 Å². The van der Waals surface area contributed by atoms with Crippen molar-refractivity contribution < 1.29 is 23.8 Å². The monoisotopic (exact) mass is 308 g/mol. The molecule has 1 aromatic carbocycles. The number of carbonyl (C=O) groups excluding carboxylic acids is 2. The van der Waals surface area contributed by atoms with Crippen molar-refractivity contribution in [2.24, 2.45) is 5.92 Å². The van der Waals surface area contributed by atoms with Crippen molar-refractivity contribution >= 4 is 11.9 Å². The standard InChI is InChI=1S/C17H24O5/c1-17(2,3)22-11-13(12-9-7-6-8-10-12)14(15(18)20-4)16(19)21-5/h6-10,13-14H,11H2,1-5H3. The quantitative estimate of drug-likeness (QED) is 0.597. The van der Waals surface area contributed by atoms with Gasteiger partial charge in [-0.2, -0.15) is 0 Å². The van der Waals surface area contributed by atoms with E-state index in [1.54, 1.807) is 0 Å². The van der Waals surface area contributed by atoms with Crippen molar-refractivity contribution in [3.63, 3.8) is 0 Å². The highest BCUT2D eigenvalue weighted by Gasteiger charge is 2.38. The van der Waals surface area contributed by atoms with Crippen LogP contribution in [0.2, 0.25) is 0 Å². The van der Waals surface area contributed by atoms with E-state index in [1.165, 1.54) is 14.2 Å². The molecule has 0 N–H and O–H groups in total. The zero-order valence-corrected chi connectivity index (χ0v) is 13.8. The van der Waals surface area contributed by atoms with Crippen LogP contribution >= 0.6 is 0 Å². The molecular formula is C17H24O5. The number of ether oxygens (including phenoxy) is 3. The maximum Gasteiger partial charge on any atom is 0.320 e. The van der Waals surface area contributed by atoms with E-state index in [1.807, 2.05) is 51.1 Å². The second kappa shape index (κ2) is 7.94. The zero-order chi connectivity index (χ0) is 16.8. The van der Waals surface area contributed by atoms with Crippen molar-refractivity contribution in [1.29, 1.82) is 0 Å². The average Bonchev–Trinajstić information content (AvgIpc) is 2.50. The number of carbonyl (C=O) groups is 2. The minimum absolute atomic E-state index is 0.211. The van der Waals surface area contributed by atoms with Gasteiger partial charge >= 0.3 is 11.9 Å². The largest absolute Gasteiger partial charge is 0.468 e. The van der Waals surface area contributed by atoms with Crippen LogP contribution in [-0.4, -0.2) is 38.4 Å². The molecule has 1 aromatic rings. The molecule has 0 aliphatic heterocycles. The first-order chi connectivity index (χ1) is 10.3. The fourth-order valence-electron chi connectivity index (χ4n) is 2.10. The van der Waals surface area contributed by atoms with E-state index >= 15 is 0 Å². The topological polar surface area (TPSA) is 61.8 Å². The van der Waals surface area contributed by atoms with Gasteiger partial charge in [0.1, 0.15) is 0 Å². The van der Waals surface area contributed by atoms with E-state index < -0.39 is 23.8 Å². The molecule has 0 aliphatic carbocycles. The SMILES string of the molecule is COC(=O)C(C(=O)OC)C(COC(C)(C)C)c1ccccc1. The van der Waals surface area contributed by atoms with Crippen LogP contribution in [0.1, 0.15) is 32.3 Å². The van der Waals surface area contributed by atoms with Crippen LogP contribution in [0.25, 0.3) is 0 Å². The van der Waals surface area contributed by atoms with Gasteiger partial charge in [-0.3, -0.25) is 9.59 Å². The highest BCUT2D eigenvalue weighted by atomic mass is 16.5. The molecule has 0 spiro atoms. The molecule has 5 heteroatoms. The number of hydrogen-bond donors (Lipinski definition) is 0. The number of hydrogen-bond acceptors (Lipinski definition) is 5. The molecule has 22 heavy (non-hydrogen) atoms. The molecule has 0 aliphatic rings. The van der Waals surface area contributed by atoms with Crippen molar-refractivity contribution in [2.45, 2.75) is 32.3 Å². The van der Waals surface area contributed by atoms with Gasteiger partial charge in [0.2, 0.25) is 0 Å². The van der Waals surface area contributed by atoms with E-state index in [0.29, 0.717) is 0 Å². The Morgan fingerprint density at radius 3 is 1.91 bits per heavy atom. The maximum atomic E-state index is 12.1. The van der Waals surface area contributed by atoms with Crippen LogP contribution in [0.4, 0.5) is 0 Å². The fraction of sp³-hybridized carbons (Fsp3) is 0.529. The summed E-state index contributed by atoms with van der Waals surface area (Å²) in [5, 5.41) is 0. The minimum atomic E-state index is -1.06. The van der Waals surface area contributed by atoms with E-state index in [0.717, 1.165) is 5.56 Å². The Hall–Kier alpha value is -1.88. The number of rotatable bonds is 6. The van der Waals surface area contributed by atoms with Gasteiger partial charge in [0.05, 0.1) is 26.4 Å². The minimum Gasteiger partial charge on any atom is -0.468 e. The van der Waals surface area contributed by atoms with Gasteiger partial charge in [0.25, 0.3) is 0 Å². The fourth-order valence-corrected chi connectivity index (χ4v) is 2.10. The Morgan fingerprint density at radius 2 is 1.50 bits per heavy atom. The summed E-state index contributed by atoms with van der Waals surface area (Å²) in [7, 11) is 2.51. The van der Waals surface area contributed by atoms with E-state index in [9.17, 15) is 9.59 Å². The Bertz CT molecular complexity index is 474. The molecule has 0 fully saturated rings. The van der Waals surface area contributed by atoms with Gasteiger partial charge in [0.15, 0.2) is 5.92 Å². The van der Waals surface area contributed by atoms with Crippen LogP contribution in [0.15, 0.2) is 30.3 Å². The smallest absolute Gasteiger partial charge is 0.320 e. The van der Waals surface area contributed by atoms with E-state index in [2.05, 4.69) is 0 Å². The van der Waals surface area contributed by atoms with Crippen molar-refractivity contribution in [2.75, 3.05) is 20.8 Å². The molecule has 0 aromatic heterocycles. The predicted octanol–water partition coefficient (Wildman–Crippen LogP) is 2.55. The van der Waals surface area contributed by atoms with E-state index in [-0.39, 0.29) is 12.2 Å². The molecule has 122 valence electrons. The molecule has 0 bridgehead atoms. The Morgan fingerprint density at radius 1 is 1.00 bits per heavy atom. The molecule has 1 atom stereocenters. The lowest BCUT2D eigenvalue weighted by Gasteiger charge is -2.28. The summed E-state index contributed by atoms with van der Waals surface area (Å²) < 4.78 is 15.3. The highest BCUT2D eigenvalue weighted by Crippen LogP contribution is 2.29. The Kier molecular flexibility index (Phi) is 6.56. The number of benzene rings is 1. The molecule has 0 amide bonds. The molecular weight excluding hydrogens is 284 g/mol. The Balaban J connectivity index is 3.15. The van der Waals surface area contributed by atoms with Gasteiger partial charge in [-0.05, 0) is 26.3 Å². The molecule has 0 radical (unpaired) electrons. The van der Waals surface area contributed by atoms with Crippen molar-refractivity contribution in [1.82, 2.24) is 0 Å². The molecule has 0 saturated heterocycles. The summed E-state index contributed by atoms with van der Waals surface area (Å²) >= 11 is 0. The van der Waals surface area contributed by atoms with E-state index in [4.69, 9.17) is 14.2 Å². The van der Waals surface area contributed by atoms with Gasteiger partial charge in [-0.15, -0.1) is 0 Å².